The maximum absolute atomic E-state index is 10.5. The molecule has 1 aliphatic rings. The van der Waals surface area contributed by atoms with Gasteiger partial charge in [-0.05, 0) is 6.42 Å². The lowest BCUT2D eigenvalue weighted by molar-refractivity contribution is 0.248. The van der Waals surface area contributed by atoms with Gasteiger partial charge < -0.3 is 5.32 Å². The predicted octanol–water partition coefficient (Wildman–Crippen LogP) is 0.221. The Bertz CT molecular complexity index is 187. The minimum atomic E-state index is -0.295. The van der Waals surface area contributed by atoms with E-state index in [4.69, 9.17) is 5.41 Å². The normalized spacial score (nSPS) is 23.8. The van der Waals surface area contributed by atoms with Crippen LogP contribution in [0, 0.1) is 5.41 Å². The molecule has 0 aromatic rings. The molecule has 1 rings (SSSR count). The minimum absolute atomic E-state index is 0.190. The molecule has 0 aromatic heterocycles. The topological polar surface area (TPSA) is 65.0 Å². The van der Waals surface area contributed by atoms with Crippen molar-refractivity contribution in [2.45, 2.75) is 12.5 Å². The maximum Gasteiger partial charge on any atom is 0.320 e. The van der Waals surface area contributed by atoms with Crippen molar-refractivity contribution < 1.29 is 4.79 Å². The van der Waals surface area contributed by atoms with Crippen LogP contribution in [0.1, 0.15) is 6.42 Å². The molecule has 4 heteroatoms. The zero-order valence-corrected chi connectivity index (χ0v) is 5.48. The molecule has 1 fully saturated rings. The van der Waals surface area contributed by atoms with E-state index < -0.39 is 0 Å². The quantitative estimate of drug-likeness (QED) is 0.471. The van der Waals surface area contributed by atoms with E-state index in [0.717, 1.165) is 0 Å². The Morgan fingerprint density at radius 1 is 1.80 bits per heavy atom. The Morgan fingerprint density at radius 2 is 2.50 bits per heavy atom. The van der Waals surface area contributed by atoms with E-state index in [1.807, 2.05) is 0 Å². The summed E-state index contributed by atoms with van der Waals surface area (Å²) in [5.41, 5.74) is 0. The van der Waals surface area contributed by atoms with E-state index in [1.54, 1.807) is 6.08 Å². The highest BCUT2D eigenvalue weighted by Crippen LogP contribution is 1.98. The highest BCUT2D eigenvalue weighted by molar-refractivity contribution is 6.05. The van der Waals surface area contributed by atoms with E-state index >= 15 is 0 Å². The van der Waals surface area contributed by atoms with Crippen LogP contribution in [0.2, 0.25) is 0 Å². The lowest BCUT2D eigenvalue weighted by Gasteiger charge is -2.02. The summed E-state index contributed by atoms with van der Waals surface area (Å²) >= 11 is 0. The van der Waals surface area contributed by atoms with E-state index in [1.165, 1.54) is 0 Å². The van der Waals surface area contributed by atoms with Crippen molar-refractivity contribution in [1.29, 1.82) is 5.41 Å². The lowest BCUT2D eigenvalue weighted by atomic mass is 10.2. The summed E-state index contributed by atoms with van der Waals surface area (Å²) in [5, 5.41) is 12.1. The summed E-state index contributed by atoms with van der Waals surface area (Å²) in [5.74, 6) is 0.227. The number of rotatable bonds is 2. The average molecular weight is 139 g/mol. The average Bonchev–Trinajstić information content (AvgIpc) is 2.13. The fourth-order valence-corrected chi connectivity index (χ4v) is 0.819. The van der Waals surface area contributed by atoms with Crippen LogP contribution in [0.25, 0.3) is 0 Å². The molecular formula is C6H9N3O. The number of hydrogen-bond donors (Lipinski definition) is 3. The standard InChI is InChI=1S/C6H9N3O/c1-2-3-4-5(7)9-6(10)8-4/h2,4H,1,3H2,(H3,7,8,9,10). The highest BCUT2D eigenvalue weighted by Gasteiger charge is 2.24. The van der Waals surface area contributed by atoms with Gasteiger partial charge in [0.25, 0.3) is 0 Å². The molecule has 2 amide bonds. The molecule has 3 N–H and O–H groups in total. The molecule has 0 spiro atoms. The number of hydrogen-bond acceptors (Lipinski definition) is 2. The van der Waals surface area contributed by atoms with E-state index in [9.17, 15) is 4.79 Å². The zero-order valence-electron chi connectivity index (χ0n) is 5.48. The Morgan fingerprint density at radius 3 is 2.90 bits per heavy atom. The molecule has 1 saturated heterocycles. The number of amidine groups is 1. The number of carbonyl (C=O) groups is 1. The van der Waals surface area contributed by atoms with Crippen LogP contribution >= 0.6 is 0 Å². The number of carbonyl (C=O) groups excluding carboxylic acids is 1. The van der Waals surface area contributed by atoms with Crippen LogP contribution in [0.5, 0.6) is 0 Å². The van der Waals surface area contributed by atoms with Crippen molar-refractivity contribution in [3.05, 3.63) is 12.7 Å². The van der Waals surface area contributed by atoms with Gasteiger partial charge in [-0.1, -0.05) is 6.08 Å². The first-order valence-corrected chi connectivity index (χ1v) is 3.01. The first-order chi connectivity index (χ1) is 4.74. The zero-order chi connectivity index (χ0) is 7.56. The van der Waals surface area contributed by atoms with Crippen LogP contribution in [0.3, 0.4) is 0 Å². The molecule has 1 atom stereocenters. The van der Waals surface area contributed by atoms with Gasteiger partial charge >= 0.3 is 6.03 Å². The highest BCUT2D eigenvalue weighted by atomic mass is 16.2. The fourth-order valence-electron chi connectivity index (χ4n) is 0.819. The minimum Gasteiger partial charge on any atom is -0.328 e. The summed E-state index contributed by atoms with van der Waals surface area (Å²) in [6.07, 6.45) is 2.28. The lowest BCUT2D eigenvalue weighted by Crippen LogP contribution is -2.27. The molecule has 0 bridgehead atoms. The van der Waals surface area contributed by atoms with Gasteiger partial charge in [-0.15, -0.1) is 6.58 Å². The van der Waals surface area contributed by atoms with Gasteiger partial charge in [0.15, 0.2) is 0 Å². The summed E-state index contributed by atoms with van der Waals surface area (Å²) < 4.78 is 0. The Hall–Kier alpha value is -1.32. The van der Waals surface area contributed by atoms with Gasteiger partial charge in [-0.2, -0.15) is 0 Å². The van der Waals surface area contributed by atoms with Crippen molar-refractivity contribution >= 4 is 11.9 Å². The third-order valence-electron chi connectivity index (χ3n) is 1.30. The Kier molecular flexibility index (Phi) is 1.71. The van der Waals surface area contributed by atoms with Gasteiger partial charge in [0.2, 0.25) is 0 Å². The molecule has 10 heavy (non-hydrogen) atoms. The van der Waals surface area contributed by atoms with Gasteiger partial charge in [-0.25, -0.2) is 4.79 Å². The molecule has 54 valence electrons. The molecule has 1 unspecified atom stereocenters. The largest absolute Gasteiger partial charge is 0.328 e. The van der Waals surface area contributed by atoms with Crippen molar-refractivity contribution in [1.82, 2.24) is 10.6 Å². The van der Waals surface area contributed by atoms with E-state index in [0.29, 0.717) is 6.42 Å². The van der Waals surface area contributed by atoms with Gasteiger partial charge in [0.05, 0.1) is 6.04 Å². The second-order valence-electron chi connectivity index (χ2n) is 2.09. The van der Waals surface area contributed by atoms with E-state index in [2.05, 4.69) is 17.2 Å². The summed E-state index contributed by atoms with van der Waals surface area (Å²) in [6.45, 7) is 3.51. The first-order valence-electron chi connectivity index (χ1n) is 3.01. The first kappa shape index (κ1) is 6.80. The molecule has 0 aromatic carbocycles. The second kappa shape index (κ2) is 2.51. The molecule has 1 heterocycles. The van der Waals surface area contributed by atoms with Crippen LogP contribution in [-0.4, -0.2) is 17.9 Å². The summed E-state index contributed by atoms with van der Waals surface area (Å²) in [4.78, 5) is 10.5. The van der Waals surface area contributed by atoms with Crippen molar-refractivity contribution in [2.24, 2.45) is 0 Å². The molecule has 0 saturated carbocycles. The van der Waals surface area contributed by atoms with Gasteiger partial charge in [0.1, 0.15) is 5.84 Å². The van der Waals surface area contributed by atoms with Crippen molar-refractivity contribution in [3.8, 4) is 0 Å². The molecule has 1 aliphatic heterocycles. The summed E-state index contributed by atoms with van der Waals surface area (Å²) in [6, 6.07) is -0.484. The molecule has 0 radical (unpaired) electrons. The number of urea groups is 1. The fraction of sp³-hybridized carbons (Fsp3) is 0.333. The predicted molar refractivity (Wildman–Crippen MR) is 38.0 cm³/mol. The third-order valence-corrected chi connectivity index (χ3v) is 1.30. The number of amides is 2. The van der Waals surface area contributed by atoms with E-state index in [-0.39, 0.29) is 17.9 Å². The SMILES string of the molecule is C=CCC1NC(=O)NC1=N. The monoisotopic (exact) mass is 139 g/mol. The molecule has 4 nitrogen and oxygen atoms in total. The second-order valence-corrected chi connectivity index (χ2v) is 2.09. The third kappa shape index (κ3) is 1.15. The smallest absolute Gasteiger partial charge is 0.320 e. The Balaban J connectivity index is 2.54. The number of nitrogens with one attached hydrogen (secondary N) is 3. The Labute approximate surface area is 58.8 Å². The van der Waals surface area contributed by atoms with Gasteiger partial charge in [-0.3, -0.25) is 10.7 Å². The summed E-state index contributed by atoms with van der Waals surface area (Å²) in [7, 11) is 0. The molecular weight excluding hydrogens is 130 g/mol. The van der Waals surface area contributed by atoms with Crippen molar-refractivity contribution in [2.75, 3.05) is 0 Å². The van der Waals surface area contributed by atoms with Gasteiger partial charge in [0, 0.05) is 0 Å². The molecule has 0 aliphatic carbocycles. The van der Waals surface area contributed by atoms with Crippen LogP contribution in [0.4, 0.5) is 4.79 Å². The van der Waals surface area contributed by atoms with Crippen LogP contribution in [-0.2, 0) is 0 Å². The van der Waals surface area contributed by atoms with Crippen molar-refractivity contribution in [3.63, 3.8) is 0 Å². The maximum atomic E-state index is 10.5. The van der Waals surface area contributed by atoms with Crippen LogP contribution < -0.4 is 10.6 Å². The van der Waals surface area contributed by atoms with Crippen LogP contribution in [0.15, 0.2) is 12.7 Å².